The molecule has 3 aromatic carbocycles. The first-order chi connectivity index (χ1) is 16.3. The number of benzene rings is 3. The maximum absolute atomic E-state index is 12.7. The molecule has 1 saturated heterocycles. The molecule has 0 unspecified atom stereocenters. The van der Waals surface area contributed by atoms with Crippen molar-refractivity contribution < 1.29 is 26.9 Å². The molecule has 0 aliphatic carbocycles. The lowest BCUT2D eigenvalue weighted by atomic mass is 10.2. The predicted octanol–water partition coefficient (Wildman–Crippen LogP) is 4.88. The third-order valence-corrected chi connectivity index (χ3v) is 7.03. The number of amides is 2. The van der Waals surface area contributed by atoms with Crippen LogP contribution in [0.25, 0.3) is 6.08 Å². The Kier molecular flexibility index (Phi) is 7.04. The SMILES string of the molecule is Cc1cccc(OCCN2C(=O)S/C(=C\c3ccc(OS(=O)(=O)c4ccccc4)cc3)C2=O)c1. The van der Waals surface area contributed by atoms with Gasteiger partial charge in [0.1, 0.15) is 23.0 Å². The maximum Gasteiger partial charge on any atom is 0.339 e. The Morgan fingerprint density at radius 2 is 1.65 bits per heavy atom. The van der Waals surface area contributed by atoms with Gasteiger partial charge in [-0.3, -0.25) is 14.5 Å². The highest BCUT2D eigenvalue weighted by molar-refractivity contribution is 8.18. The first kappa shape index (κ1) is 23.6. The van der Waals surface area contributed by atoms with Crippen LogP contribution in [0.2, 0.25) is 0 Å². The maximum atomic E-state index is 12.7. The summed E-state index contributed by atoms with van der Waals surface area (Å²) >= 11 is 0.853. The van der Waals surface area contributed by atoms with E-state index in [-0.39, 0.29) is 33.9 Å². The zero-order chi connectivity index (χ0) is 24.1. The lowest BCUT2D eigenvalue weighted by Crippen LogP contribution is -2.32. The minimum Gasteiger partial charge on any atom is -0.492 e. The van der Waals surface area contributed by atoms with Crippen molar-refractivity contribution in [2.24, 2.45) is 0 Å². The fourth-order valence-corrected chi connectivity index (χ4v) is 5.00. The van der Waals surface area contributed by atoms with E-state index in [2.05, 4.69) is 0 Å². The molecule has 4 rings (SSSR count). The number of aryl methyl sites for hydroxylation is 1. The van der Waals surface area contributed by atoms with Crippen LogP contribution in [-0.2, 0) is 14.9 Å². The van der Waals surface area contributed by atoms with Gasteiger partial charge in [-0.2, -0.15) is 8.42 Å². The molecule has 0 aromatic heterocycles. The molecule has 174 valence electrons. The normalized spacial score (nSPS) is 15.1. The molecular weight excluding hydrogens is 474 g/mol. The summed E-state index contributed by atoms with van der Waals surface area (Å²) in [6.07, 6.45) is 1.59. The van der Waals surface area contributed by atoms with Crippen molar-refractivity contribution in [2.45, 2.75) is 11.8 Å². The summed E-state index contributed by atoms with van der Waals surface area (Å²) in [4.78, 5) is 26.5. The molecule has 1 heterocycles. The van der Waals surface area contributed by atoms with Crippen LogP contribution >= 0.6 is 11.8 Å². The highest BCUT2D eigenvalue weighted by Crippen LogP contribution is 2.32. The van der Waals surface area contributed by atoms with Crippen LogP contribution in [0.15, 0.2) is 88.7 Å². The quantitative estimate of drug-likeness (QED) is 0.325. The van der Waals surface area contributed by atoms with Gasteiger partial charge >= 0.3 is 10.1 Å². The van der Waals surface area contributed by atoms with Gasteiger partial charge in [0.05, 0.1) is 11.4 Å². The monoisotopic (exact) mass is 495 g/mol. The average molecular weight is 496 g/mol. The molecule has 7 nitrogen and oxygen atoms in total. The second-order valence-electron chi connectivity index (χ2n) is 7.42. The molecule has 2 amide bonds. The van der Waals surface area contributed by atoms with Crippen molar-refractivity contribution in [3.05, 3.63) is 94.9 Å². The van der Waals surface area contributed by atoms with Crippen LogP contribution in [0.4, 0.5) is 4.79 Å². The number of hydrogen-bond donors (Lipinski definition) is 0. The molecule has 1 fully saturated rings. The van der Waals surface area contributed by atoms with Gasteiger partial charge in [-0.15, -0.1) is 0 Å². The summed E-state index contributed by atoms with van der Waals surface area (Å²) in [6.45, 7) is 2.28. The average Bonchev–Trinajstić information content (AvgIpc) is 3.08. The predicted molar refractivity (Wildman–Crippen MR) is 130 cm³/mol. The summed E-state index contributed by atoms with van der Waals surface area (Å²) in [5, 5.41) is -0.363. The Bertz CT molecular complexity index is 1340. The minimum atomic E-state index is -3.94. The van der Waals surface area contributed by atoms with E-state index in [1.807, 2.05) is 31.2 Å². The van der Waals surface area contributed by atoms with E-state index in [1.54, 1.807) is 36.4 Å². The zero-order valence-corrected chi connectivity index (χ0v) is 19.8. The standard InChI is InChI=1S/C25H21NO6S2/c1-18-6-5-7-21(16-18)31-15-14-26-24(27)23(33-25(26)28)17-19-10-12-20(13-11-19)32-34(29,30)22-8-3-2-4-9-22/h2-13,16-17H,14-15H2,1H3/b23-17-. The van der Waals surface area contributed by atoms with Crippen LogP contribution in [0.3, 0.4) is 0 Å². The molecule has 9 heteroatoms. The van der Waals surface area contributed by atoms with Crippen molar-refractivity contribution in [2.75, 3.05) is 13.2 Å². The largest absolute Gasteiger partial charge is 0.492 e. The van der Waals surface area contributed by atoms with Gasteiger partial charge in [0.15, 0.2) is 0 Å². The molecule has 1 aliphatic heterocycles. The van der Waals surface area contributed by atoms with Crippen LogP contribution in [0, 0.1) is 6.92 Å². The molecule has 1 aliphatic rings. The van der Waals surface area contributed by atoms with Crippen molar-refractivity contribution in [1.29, 1.82) is 0 Å². The number of imide groups is 1. The second kappa shape index (κ2) is 10.1. The Balaban J connectivity index is 1.38. The van der Waals surface area contributed by atoms with Gasteiger partial charge in [-0.1, -0.05) is 42.5 Å². The molecule has 0 spiro atoms. The molecule has 3 aromatic rings. The first-order valence-electron chi connectivity index (χ1n) is 10.4. The Hall–Kier alpha value is -3.56. The number of carbonyl (C=O) groups excluding carboxylic acids is 2. The fraction of sp³-hybridized carbons (Fsp3) is 0.120. The number of nitrogens with zero attached hydrogens (tertiary/aromatic N) is 1. The van der Waals surface area contributed by atoms with Crippen LogP contribution in [-0.4, -0.2) is 37.6 Å². The summed E-state index contributed by atoms with van der Waals surface area (Å²) in [7, 11) is -3.94. The molecule has 34 heavy (non-hydrogen) atoms. The first-order valence-corrected chi connectivity index (χ1v) is 12.6. The third-order valence-electron chi connectivity index (χ3n) is 4.86. The second-order valence-corrected chi connectivity index (χ2v) is 9.96. The molecule has 0 N–H and O–H groups in total. The van der Waals surface area contributed by atoms with Crippen molar-refractivity contribution >= 4 is 39.1 Å². The number of carbonyl (C=O) groups is 2. The number of ether oxygens (including phenoxy) is 1. The van der Waals surface area contributed by atoms with E-state index in [4.69, 9.17) is 8.92 Å². The van der Waals surface area contributed by atoms with E-state index in [1.165, 1.54) is 24.3 Å². The number of thioether (sulfide) groups is 1. The fourth-order valence-electron chi connectivity index (χ4n) is 3.19. The molecule has 0 radical (unpaired) electrons. The van der Waals surface area contributed by atoms with Gasteiger partial charge in [-0.25, -0.2) is 0 Å². The molecule has 0 atom stereocenters. The topological polar surface area (TPSA) is 90.0 Å². The van der Waals surface area contributed by atoms with Crippen LogP contribution in [0.5, 0.6) is 11.5 Å². The van der Waals surface area contributed by atoms with Crippen LogP contribution in [0.1, 0.15) is 11.1 Å². The summed E-state index contributed by atoms with van der Waals surface area (Å²) < 4.78 is 35.5. The lowest BCUT2D eigenvalue weighted by Gasteiger charge is -2.13. The number of hydrogen-bond acceptors (Lipinski definition) is 7. The van der Waals surface area contributed by atoms with Crippen molar-refractivity contribution in [1.82, 2.24) is 4.90 Å². The number of rotatable bonds is 8. The zero-order valence-electron chi connectivity index (χ0n) is 18.2. The van der Waals surface area contributed by atoms with Gasteiger partial charge in [-0.05, 0) is 72.3 Å². The van der Waals surface area contributed by atoms with Crippen molar-refractivity contribution in [3.63, 3.8) is 0 Å². The Morgan fingerprint density at radius 1 is 0.912 bits per heavy atom. The van der Waals surface area contributed by atoms with E-state index in [0.29, 0.717) is 11.3 Å². The van der Waals surface area contributed by atoms with Gasteiger partial charge in [0.25, 0.3) is 11.1 Å². The minimum absolute atomic E-state index is 0.0547. The molecule has 0 saturated carbocycles. The van der Waals surface area contributed by atoms with E-state index in [0.717, 1.165) is 22.2 Å². The highest BCUT2D eigenvalue weighted by Gasteiger charge is 2.34. The van der Waals surface area contributed by atoms with Gasteiger partial charge in [0.2, 0.25) is 0 Å². The lowest BCUT2D eigenvalue weighted by molar-refractivity contribution is -0.123. The third kappa shape index (κ3) is 5.67. The van der Waals surface area contributed by atoms with Crippen molar-refractivity contribution in [3.8, 4) is 11.5 Å². The smallest absolute Gasteiger partial charge is 0.339 e. The summed E-state index contributed by atoms with van der Waals surface area (Å²) in [6, 6.07) is 21.6. The highest BCUT2D eigenvalue weighted by atomic mass is 32.2. The van der Waals surface area contributed by atoms with E-state index in [9.17, 15) is 18.0 Å². The van der Waals surface area contributed by atoms with E-state index < -0.39 is 16.0 Å². The Morgan fingerprint density at radius 3 is 2.35 bits per heavy atom. The van der Waals surface area contributed by atoms with Crippen LogP contribution < -0.4 is 8.92 Å². The van der Waals surface area contributed by atoms with Gasteiger partial charge < -0.3 is 8.92 Å². The summed E-state index contributed by atoms with van der Waals surface area (Å²) in [5.74, 6) is 0.427. The molecular formula is C25H21NO6S2. The molecule has 0 bridgehead atoms. The van der Waals surface area contributed by atoms with E-state index >= 15 is 0 Å². The Labute approximate surface area is 202 Å². The van der Waals surface area contributed by atoms with Gasteiger partial charge in [0, 0.05) is 0 Å². The summed E-state index contributed by atoms with van der Waals surface area (Å²) in [5.41, 5.74) is 1.69.